The standard InChI is InChI=1S/C17H13ClN6O3/c18-14-7-11(8-15-16(14)27-6-5-26-15)9-19-21-17(25)12-1-3-13(4-2-12)24-10-20-22-23-24/h1-4,7-10H,5-6H2,(H,21,25)/b19-9-. The fraction of sp³-hybridized carbons (Fsp3) is 0.118. The van der Waals surface area contributed by atoms with Crippen molar-refractivity contribution in [2.45, 2.75) is 0 Å². The highest BCUT2D eigenvalue weighted by Gasteiger charge is 2.16. The number of hydrazone groups is 1. The molecule has 27 heavy (non-hydrogen) atoms. The van der Waals surface area contributed by atoms with E-state index in [9.17, 15) is 4.79 Å². The number of carbonyl (C=O) groups excluding carboxylic acids is 1. The third-order valence-corrected chi connectivity index (χ3v) is 4.02. The molecule has 10 heteroatoms. The lowest BCUT2D eigenvalue weighted by atomic mass is 10.2. The van der Waals surface area contributed by atoms with Crippen LogP contribution in [0.3, 0.4) is 0 Å². The van der Waals surface area contributed by atoms with Crippen LogP contribution in [0.4, 0.5) is 0 Å². The number of hydrogen-bond donors (Lipinski definition) is 1. The predicted molar refractivity (Wildman–Crippen MR) is 96.7 cm³/mol. The topological polar surface area (TPSA) is 104 Å². The summed E-state index contributed by atoms with van der Waals surface area (Å²) >= 11 is 6.17. The van der Waals surface area contributed by atoms with Crippen LogP contribution in [0.1, 0.15) is 15.9 Å². The molecule has 9 nitrogen and oxygen atoms in total. The van der Waals surface area contributed by atoms with Crippen LogP contribution in [0.5, 0.6) is 11.5 Å². The number of rotatable bonds is 4. The minimum Gasteiger partial charge on any atom is -0.486 e. The average molecular weight is 385 g/mol. The molecule has 1 amide bonds. The maximum Gasteiger partial charge on any atom is 0.271 e. The van der Waals surface area contributed by atoms with E-state index in [0.717, 1.165) is 5.69 Å². The van der Waals surface area contributed by atoms with Gasteiger partial charge in [0.05, 0.1) is 16.9 Å². The Hall–Kier alpha value is -3.46. The molecular formula is C17H13ClN6O3. The summed E-state index contributed by atoms with van der Waals surface area (Å²) in [4.78, 5) is 12.2. The number of aromatic nitrogens is 4. The van der Waals surface area contributed by atoms with E-state index >= 15 is 0 Å². The Morgan fingerprint density at radius 1 is 1.22 bits per heavy atom. The Morgan fingerprint density at radius 2 is 2.04 bits per heavy atom. The van der Waals surface area contributed by atoms with E-state index < -0.39 is 0 Å². The number of tetrazole rings is 1. The lowest BCUT2D eigenvalue weighted by molar-refractivity contribution is 0.0955. The van der Waals surface area contributed by atoms with Gasteiger partial charge in [-0.15, -0.1) is 5.10 Å². The largest absolute Gasteiger partial charge is 0.486 e. The molecule has 2 aromatic carbocycles. The molecule has 0 fully saturated rings. The van der Waals surface area contributed by atoms with Crippen LogP contribution < -0.4 is 14.9 Å². The van der Waals surface area contributed by atoms with Gasteiger partial charge in [0.25, 0.3) is 5.91 Å². The van der Waals surface area contributed by atoms with Crippen molar-refractivity contribution in [2.75, 3.05) is 13.2 Å². The molecule has 3 aromatic rings. The van der Waals surface area contributed by atoms with Crippen LogP contribution in [-0.4, -0.2) is 45.5 Å². The van der Waals surface area contributed by atoms with Crippen LogP contribution in [0, 0.1) is 0 Å². The number of nitrogens with one attached hydrogen (secondary N) is 1. The summed E-state index contributed by atoms with van der Waals surface area (Å²) in [5.41, 5.74) is 4.34. The summed E-state index contributed by atoms with van der Waals surface area (Å²) in [7, 11) is 0. The zero-order valence-corrected chi connectivity index (χ0v) is 14.6. The average Bonchev–Trinajstić information content (AvgIpc) is 3.23. The van der Waals surface area contributed by atoms with Crippen molar-refractivity contribution in [3.8, 4) is 17.2 Å². The van der Waals surface area contributed by atoms with E-state index in [1.54, 1.807) is 36.4 Å². The number of benzene rings is 2. The van der Waals surface area contributed by atoms with Gasteiger partial charge >= 0.3 is 0 Å². The Bertz CT molecular complexity index is 989. The normalized spacial score (nSPS) is 12.9. The third-order valence-electron chi connectivity index (χ3n) is 3.74. The summed E-state index contributed by atoms with van der Waals surface area (Å²) in [5, 5.41) is 15.3. The molecule has 2 heterocycles. The van der Waals surface area contributed by atoms with Crippen LogP contribution in [0.2, 0.25) is 5.02 Å². The van der Waals surface area contributed by atoms with E-state index in [0.29, 0.717) is 40.9 Å². The van der Waals surface area contributed by atoms with Crippen LogP contribution in [0.15, 0.2) is 47.8 Å². The van der Waals surface area contributed by atoms with Crippen molar-refractivity contribution >= 4 is 23.7 Å². The van der Waals surface area contributed by atoms with Crippen molar-refractivity contribution in [3.05, 3.63) is 58.9 Å². The first-order valence-corrected chi connectivity index (χ1v) is 8.34. The summed E-state index contributed by atoms with van der Waals surface area (Å²) in [6.45, 7) is 0.920. The van der Waals surface area contributed by atoms with Gasteiger partial charge in [0.15, 0.2) is 11.5 Å². The van der Waals surface area contributed by atoms with Crippen LogP contribution in [0.25, 0.3) is 5.69 Å². The first-order chi connectivity index (χ1) is 13.2. The molecule has 4 rings (SSSR count). The van der Waals surface area contributed by atoms with Gasteiger partial charge in [0, 0.05) is 5.56 Å². The van der Waals surface area contributed by atoms with Gasteiger partial charge in [-0.25, -0.2) is 10.1 Å². The first-order valence-electron chi connectivity index (χ1n) is 7.97. The highest BCUT2D eigenvalue weighted by molar-refractivity contribution is 6.32. The molecule has 0 aliphatic carbocycles. The van der Waals surface area contributed by atoms with Gasteiger partial charge in [0.2, 0.25) is 0 Å². The van der Waals surface area contributed by atoms with Crippen LogP contribution >= 0.6 is 11.6 Å². The number of nitrogens with zero attached hydrogens (tertiary/aromatic N) is 5. The molecule has 0 radical (unpaired) electrons. The van der Waals surface area contributed by atoms with Crippen molar-refractivity contribution in [1.82, 2.24) is 25.6 Å². The molecule has 0 saturated heterocycles. The van der Waals surface area contributed by atoms with E-state index in [2.05, 4.69) is 26.1 Å². The number of carbonyl (C=O) groups is 1. The van der Waals surface area contributed by atoms with E-state index in [4.69, 9.17) is 21.1 Å². The second-order valence-electron chi connectivity index (χ2n) is 5.53. The fourth-order valence-electron chi connectivity index (χ4n) is 2.48. The van der Waals surface area contributed by atoms with Gasteiger partial charge in [-0.05, 0) is 52.4 Å². The zero-order valence-electron chi connectivity index (χ0n) is 13.9. The molecule has 136 valence electrons. The Balaban J connectivity index is 1.42. The first kappa shape index (κ1) is 17.0. The Morgan fingerprint density at radius 3 is 2.81 bits per heavy atom. The monoisotopic (exact) mass is 384 g/mol. The molecule has 1 aromatic heterocycles. The highest BCUT2D eigenvalue weighted by atomic mass is 35.5. The van der Waals surface area contributed by atoms with Gasteiger partial charge in [-0.2, -0.15) is 5.10 Å². The van der Waals surface area contributed by atoms with Gasteiger partial charge in [-0.3, -0.25) is 4.79 Å². The summed E-state index contributed by atoms with van der Waals surface area (Å²) in [5.74, 6) is 0.727. The van der Waals surface area contributed by atoms with Gasteiger partial charge in [-0.1, -0.05) is 11.6 Å². The second-order valence-corrected chi connectivity index (χ2v) is 5.93. The molecule has 1 aliphatic heterocycles. The number of amides is 1. The molecule has 0 atom stereocenters. The lowest BCUT2D eigenvalue weighted by Gasteiger charge is -2.19. The quantitative estimate of drug-likeness (QED) is 0.544. The third kappa shape index (κ3) is 3.72. The minimum atomic E-state index is -0.349. The van der Waals surface area contributed by atoms with Crippen molar-refractivity contribution in [2.24, 2.45) is 5.10 Å². The van der Waals surface area contributed by atoms with Gasteiger partial charge < -0.3 is 9.47 Å². The molecule has 1 aliphatic rings. The van der Waals surface area contributed by atoms with Crippen molar-refractivity contribution in [3.63, 3.8) is 0 Å². The van der Waals surface area contributed by atoms with Crippen molar-refractivity contribution < 1.29 is 14.3 Å². The number of fused-ring (bicyclic) bond motifs is 1. The summed E-state index contributed by atoms with van der Waals surface area (Å²) < 4.78 is 12.5. The second kappa shape index (κ2) is 7.42. The number of halogens is 1. The molecular weight excluding hydrogens is 372 g/mol. The zero-order chi connectivity index (χ0) is 18.6. The summed E-state index contributed by atoms with van der Waals surface area (Å²) in [6, 6.07) is 10.2. The SMILES string of the molecule is O=C(N/N=C\c1cc(Cl)c2c(c1)OCCO2)c1ccc(-n2cnnn2)cc1. The number of ether oxygens (including phenoxy) is 2. The maximum atomic E-state index is 12.2. The number of hydrogen-bond acceptors (Lipinski definition) is 7. The van der Waals surface area contributed by atoms with Crippen LogP contribution in [-0.2, 0) is 0 Å². The van der Waals surface area contributed by atoms with Crippen molar-refractivity contribution in [1.29, 1.82) is 0 Å². The van der Waals surface area contributed by atoms with E-state index in [-0.39, 0.29) is 5.91 Å². The maximum absolute atomic E-state index is 12.2. The Kier molecular flexibility index (Phi) is 4.67. The smallest absolute Gasteiger partial charge is 0.271 e. The highest BCUT2D eigenvalue weighted by Crippen LogP contribution is 2.37. The molecule has 1 N–H and O–H groups in total. The molecule has 0 unspecified atom stereocenters. The van der Waals surface area contributed by atoms with E-state index in [1.165, 1.54) is 17.2 Å². The fourth-order valence-corrected chi connectivity index (χ4v) is 2.75. The molecule has 0 bridgehead atoms. The van der Waals surface area contributed by atoms with Gasteiger partial charge in [0.1, 0.15) is 19.5 Å². The Labute approximate surface area is 158 Å². The summed E-state index contributed by atoms with van der Waals surface area (Å²) in [6.07, 6.45) is 2.95. The molecule has 0 spiro atoms. The predicted octanol–water partition coefficient (Wildman–Crippen LogP) is 1.85. The minimum absolute atomic E-state index is 0.349. The van der Waals surface area contributed by atoms with E-state index in [1.807, 2.05) is 0 Å². The lowest BCUT2D eigenvalue weighted by Crippen LogP contribution is -2.18. The molecule has 0 saturated carbocycles.